The number of aromatic nitrogens is 1. The number of pyridine rings is 1. The summed E-state index contributed by atoms with van der Waals surface area (Å²) >= 11 is 0. The highest BCUT2D eigenvalue weighted by Crippen LogP contribution is 2.28. The summed E-state index contributed by atoms with van der Waals surface area (Å²) in [5.74, 6) is -7.52. The van der Waals surface area contributed by atoms with Gasteiger partial charge < -0.3 is 10.6 Å². The van der Waals surface area contributed by atoms with Crippen molar-refractivity contribution >= 4 is 34.8 Å². The van der Waals surface area contributed by atoms with E-state index in [4.69, 9.17) is 0 Å². The van der Waals surface area contributed by atoms with Crippen LogP contribution in [0.4, 0.5) is 50.9 Å². The second-order valence-electron chi connectivity index (χ2n) is 7.37. The molecule has 0 saturated heterocycles. The van der Waals surface area contributed by atoms with Gasteiger partial charge in [0, 0.05) is 6.20 Å². The molecule has 40 heavy (non-hydrogen) atoms. The second-order valence-corrected chi connectivity index (χ2v) is 7.37. The number of anilines is 2. The van der Waals surface area contributed by atoms with E-state index < -0.39 is 58.7 Å². The van der Waals surface area contributed by atoms with Crippen molar-refractivity contribution in [3.8, 4) is 0 Å². The fourth-order valence-corrected chi connectivity index (χ4v) is 2.76. The summed E-state index contributed by atoms with van der Waals surface area (Å²) in [6.45, 7) is 0. The number of Topliss-reactive ketones (excluding diaryl/α,β-unsaturated/α-hetero) is 2. The monoisotopic (exact) mass is 579 g/mol. The van der Waals surface area contributed by atoms with E-state index in [1.54, 1.807) is 12.1 Å². The summed E-state index contributed by atoms with van der Waals surface area (Å²) in [6.07, 6.45) is -14.2. The lowest BCUT2D eigenvalue weighted by atomic mass is 10.1. The average molecular weight is 579 g/mol. The highest BCUT2D eigenvalue weighted by molar-refractivity contribution is 6.10. The average Bonchev–Trinajstić information content (AvgIpc) is 2.88. The molecule has 16 heteroatoms. The van der Waals surface area contributed by atoms with Crippen molar-refractivity contribution in [2.45, 2.75) is 18.5 Å². The van der Waals surface area contributed by atoms with Crippen molar-refractivity contribution in [1.82, 2.24) is 4.98 Å². The first-order valence-electron chi connectivity index (χ1n) is 10.4. The molecule has 0 aliphatic rings. The van der Waals surface area contributed by atoms with E-state index in [0.29, 0.717) is 6.07 Å². The number of carbonyl (C=O) groups excluding carboxylic acids is 4. The maximum absolute atomic E-state index is 12.5. The lowest BCUT2D eigenvalue weighted by Crippen LogP contribution is -2.31. The van der Waals surface area contributed by atoms with Gasteiger partial charge >= 0.3 is 24.4 Å². The number of benzene rings is 2. The van der Waals surface area contributed by atoms with Gasteiger partial charge in [-0.15, -0.1) is 0 Å². The number of ketones is 2. The molecule has 1 aromatic heterocycles. The molecule has 0 aliphatic heterocycles. The van der Waals surface area contributed by atoms with Gasteiger partial charge in [0.05, 0.1) is 22.5 Å². The van der Waals surface area contributed by atoms with Crippen molar-refractivity contribution in [3.63, 3.8) is 0 Å². The lowest BCUT2D eigenvalue weighted by Gasteiger charge is -2.12. The van der Waals surface area contributed by atoms with Crippen LogP contribution in [0.25, 0.3) is 0 Å². The quantitative estimate of drug-likeness (QED) is 0.285. The molecule has 0 saturated carbocycles. The van der Waals surface area contributed by atoms with Gasteiger partial charge in [-0.1, -0.05) is 30.3 Å². The van der Waals surface area contributed by atoms with Crippen molar-refractivity contribution in [2.75, 3.05) is 10.6 Å². The van der Waals surface area contributed by atoms with Gasteiger partial charge in [0.25, 0.3) is 17.5 Å². The Morgan fingerprint density at radius 2 is 0.975 bits per heavy atom. The highest BCUT2D eigenvalue weighted by Gasteiger charge is 2.43. The summed E-state index contributed by atoms with van der Waals surface area (Å²) in [5, 5.41) is 3.48. The van der Waals surface area contributed by atoms with E-state index in [1.165, 1.54) is 35.8 Å². The van der Waals surface area contributed by atoms with Crippen molar-refractivity contribution in [2.24, 2.45) is 0 Å². The van der Waals surface area contributed by atoms with Crippen LogP contribution >= 0.6 is 0 Å². The molecule has 3 rings (SSSR count). The van der Waals surface area contributed by atoms with E-state index in [9.17, 15) is 58.7 Å². The molecule has 1 heterocycles. The minimum atomic E-state index is -5.27. The number of hydrogen-bond acceptors (Lipinski definition) is 5. The Labute approximate surface area is 218 Å². The topological polar surface area (TPSA) is 105 Å². The molecule has 2 aromatic carbocycles. The highest BCUT2D eigenvalue weighted by atomic mass is 19.4. The number of halogens is 9. The standard InChI is InChI=1S/C14H9F3N2O2.C10H5F6NO2/c15-14(16,17)12(20)9-5-1-2-6-10(9)19-13(21)11-7-3-4-8-18-11;11-9(12,13)7(18)5-3-1-2-4-6(5)17-8(19)10(14,15)16/h1-8H,(H,19,21);1-4H,(H,17,19). The zero-order valence-corrected chi connectivity index (χ0v) is 19.4. The predicted octanol–water partition coefficient (Wildman–Crippen LogP) is 6.01. The Kier molecular flexibility index (Phi) is 9.75. The first-order valence-corrected chi connectivity index (χ1v) is 10.4. The van der Waals surface area contributed by atoms with Crippen LogP contribution in [0, 0.1) is 0 Å². The fraction of sp³-hybridized carbons (Fsp3) is 0.125. The van der Waals surface area contributed by atoms with Gasteiger partial charge in [0.15, 0.2) is 0 Å². The first-order chi connectivity index (χ1) is 18.4. The maximum atomic E-state index is 12.5. The van der Waals surface area contributed by atoms with E-state index >= 15 is 0 Å². The zero-order chi connectivity index (χ0) is 30.3. The van der Waals surface area contributed by atoms with Crippen molar-refractivity contribution in [3.05, 3.63) is 89.7 Å². The van der Waals surface area contributed by atoms with Crippen molar-refractivity contribution in [1.29, 1.82) is 0 Å². The molecule has 0 aliphatic carbocycles. The van der Waals surface area contributed by atoms with Crippen LogP contribution in [-0.4, -0.2) is 46.9 Å². The van der Waals surface area contributed by atoms with Gasteiger partial charge in [-0.3, -0.25) is 24.2 Å². The van der Waals surface area contributed by atoms with Crippen LogP contribution in [-0.2, 0) is 4.79 Å². The fourth-order valence-electron chi connectivity index (χ4n) is 2.76. The molecule has 0 fully saturated rings. The van der Waals surface area contributed by atoms with Crippen LogP contribution in [0.1, 0.15) is 31.2 Å². The minimum Gasteiger partial charge on any atom is -0.320 e. The Hall–Kier alpha value is -4.76. The molecule has 2 amide bonds. The van der Waals surface area contributed by atoms with Gasteiger partial charge in [-0.25, -0.2) is 0 Å². The maximum Gasteiger partial charge on any atom is 0.471 e. The first kappa shape index (κ1) is 31.5. The number of carbonyl (C=O) groups is 4. The molecule has 7 nitrogen and oxygen atoms in total. The molecule has 3 aromatic rings. The third-order valence-corrected chi connectivity index (χ3v) is 4.51. The molecule has 2 N–H and O–H groups in total. The summed E-state index contributed by atoms with van der Waals surface area (Å²) in [7, 11) is 0. The molecule has 0 atom stereocenters. The van der Waals surface area contributed by atoms with Gasteiger partial charge in [-0.05, 0) is 36.4 Å². The number of nitrogens with one attached hydrogen (secondary N) is 2. The number of hydrogen-bond donors (Lipinski definition) is 2. The number of rotatable bonds is 5. The number of alkyl halides is 9. The van der Waals surface area contributed by atoms with Crippen molar-refractivity contribution < 1.29 is 58.7 Å². The normalized spacial score (nSPS) is 11.5. The largest absolute Gasteiger partial charge is 0.471 e. The number of nitrogens with zero attached hydrogens (tertiary/aromatic N) is 1. The van der Waals surface area contributed by atoms with Gasteiger partial charge in [-0.2, -0.15) is 39.5 Å². The Morgan fingerprint density at radius 3 is 1.38 bits per heavy atom. The molecule has 0 unspecified atom stereocenters. The summed E-state index contributed by atoms with van der Waals surface area (Å²) in [5.41, 5.74) is -2.71. The Morgan fingerprint density at radius 1 is 0.550 bits per heavy atom. The van der Waals surface area contributed by atoms with Gasteiger partial charge in [0.1, 0.15) is 5.69 Å². The van der Waals surface area contributed by atoms with E-state index in [0.717, 1.165) is 24.3 Å². The van der Waals surface area contributed by atoms with E-state index in [-0.39, 0.29) is 11.4 Å². The Bertz CT molecular complexity index is 1390. The summed E-state index contributed by atoms with van der Waals surface area (Å²) in [6, 6.07) is 13.0. The van der Waals surface area contributed by atoms with E-state index in [2.05, 4.69) is 10.3 Å². The molecular formula is C24H14F9N3O4. The molecule has 0 spiro atoms. The third kappa shape index (κ3) is 8.64. The minimum absolute atomic E-state index is 0.0340. The SMILES string of the molecule is O=C(Nc1ccccc1C(=O)C(F)(F)F)C(F)(F)F.O=C(Nc1ccccc1C(=O)C(F)(F)F)c1ccccn1. The second kappa shape index (κ2) is 12.4. The van der Waals surface area contributed by atoms with Crippen LogP contribution in [0.15, 0.2) is 72.9 Å². The number of para-hydroxylation sites is 2. The molecule has 0 bridgehead atoms. The Balaban J connectivity index is 0.000000282. The lowest BCUT2D eigenvalue weighted by molar-refractivity contribution is -0.167. The zero-order valence-electron chi connectivity index (χ0n) is 19.4. The van der Waals surface area contributed by atoms with Crippen LogP contribution in [0.3, 0.4) is 0 Å². The summed E-state index contributed by atoms with van der Waals surface area (Å²) in [4.78, 5) is 48.6. The van der Waals surface area contributed by atoms with Gasteiger partial charge in [0.2, 0.25) is 0 Å². The molecule has 0 radical (unpaired) electrons. The summed E-state index contributed by atoms with van der Waals surface area (Å²) < 4.78 is 110. The molecule has 212 valence electrons. The smallest absolute Gasteiger partial charge is 0.320 e. The van der Waals surface area contributed by atoms with Crippen LogP contribution < -0.4 is 10.6 Å². The van der Waals surface area contributed by atoms with E-state index in [1.807, 2.05) is 0 Å². The van der Waals surface area contributed by atoms with Crippen LogP contribution in [0.2, 0.25) is 0 Å². The predicted molar refractivity (Wildman–Crippen MR) is 121 cm³/mol. The third-order valence-electron chi connectivity index (χ3n) is 4.51. The molecular weight excluding hydrogens is 565 g/mol. The number of amides is 2. The van der Waals surface area contributed by atoms with Crippen LogP contribution in [0.5, 0.6) is 0 Å².